The molecule has 0 aromatic heterocycles. The predicted octanol–water partition coefficient (Wildman–Crippen LogP) is 1.52. The molecule has 1 saturated heterocycles. The molecule has 0 radical (unpaired) electrons. The Hall–Kier alpha value is -0.0800. The Morgan fingerprint density at radius 2 is 2.33 bits per heavy atom. The number of rotatable bonds is 6. The highest BCUT2D eigenvalue weighted by Crippen LogP contribution is 2.07. The average Bonchev–Trinajstić information content (AvgIpc) is 2.57. The SMILES string of the molecule is CCCCNCCC1CCCN1. The van der Waals surface area contributed by atoms with Crippen LogP contribution in [0.5, 0.6) is 0 Å². The zero-order valence-electron chi connectivity index (χ0n) is 8.23. The Kier molecular flexibility index (Phi) is 5.37. The predicted molar refractivity (Wildman–Crippen MR) is 53.4 cm³/mol. The molecule has 0 aromatic rings. The van der Waals surface area contributed by atoms with Gasteiger partial charge in [0.15, 0.2) is 0 Å². The van der Waals surface area contributed by atoms with Crippen LogP contribution in [0.4, 0.5) is 0 Å². The van der Waals surface area contributed by atoms with Crippen molar-refractivity contribution in [3.8, 4) is 0 Å². The van der Waals surface area contributed by atoms with E-state index in [1.54, 1.807) is 0 Å². The first kappa shape index (κ1) is 10.0. The number of nitrogens with one attached hydrogen (secondary N) is 2. The summed E-state index contributed by atoms with van der Waals surface area (Å²) >= 11 is 0. The molecule has 1 fully saturated rings. The summed E-state index contributed by atoms with van der Waals surface area (Å²) in [6, 6.07) is 0.805. The lowest BCUT2D eigenvalue weighted by molar-refractivity contribution is 0.518. The van der Waals surface area contributed by atoms with E-state index >= 15 is 0 Å². The molecule has 0 aliphatic carbocycles. The Labute approximate surface area is 76.1 Å². The highest BCUT2D eigenvalue weighted by atomic mass is 14.9. The molecule has 72 valence electrons. The minimum absolute atomic E-state index is 0.805. The van der Waals surface area contributed by atoms with Gasteiger partial charge < -0.3 is 10.6 Å². The first-order chi connectivity index (χ1) is 5.93. The molecule has 0 bridgehead atoms. The smallest absolute Gasteiger partial charge is 0.00796 e. The van der Waals surface area contributed by atoms with Gasteiger partial charge in [-0.2, -0.15) is 0 Å². The van der Waals surface area contributed by atoms with Gasteiger partial charge in [0.1, 0.15) is 0 Å². The van der Waals surface area contributed by atoms with E-state index in [9.17, 15) is 0 Å². The van der Waals surface area contributed by atoms with Crippen molar-refractivity contribution >= 4 is 0 Å². The second-order valence-electron chi connectivity index (χ2n) is 3.69. The Bertz CT molecular complexity index is 98.0. The minimum atomic E-state index is 0.805. The molecule has 0 saturated carbocycles. The van der Waals surface area contributed by atoms with E-state index in [0.29, 0.717) is 0 Å². The van der Waals surface area contributed by atoms with Crippen LogP contribution in [-0.2, 0) is 0 Å². The van der Waals surface area contributed by atoms with E-state index < -0.39 is 0 Å². The van der Waals surface area contributed by atoms with Gasteiger partial charge in [-0.3, -0.25) is 0 Å². The summed E-state index contributed by atoms with van der Waals surface area (Å²) < 4.78 is 0. The second-order valence-corrected chi connectivity index (χ2v) is 3.69. The van der Waals surface area contributed by atoms with Gasteiger partial charge in [0.25, 0.3) is 0 Å². The zero-order chi connectivity index (χ0) is 8.65. The summed E-state index contributed by atoms with van der Waals surface area (Å²) in [4.78, 5) is 0. The van der Waals surface area contributed by atoms with Gasteiger partial charge in [-0.1, -0.05) is 13.3 Å². The molecule has 2 N–H and O–H groups in total. The van der Waals surface area contributed by atoms with Crippen molar-refractivity contribution in [2.75, 3.05) is 19.6 Å². The molecule has 12 heavy (non-hydrogen) atoms. The topological polar surface area (TPSA) is 24.1 Å². The molecule has 0 aromatic carbocycles. The molecule has 1 unspecified atom stereocenters. The third kappa shape index (κ3) is 4.07. The van der Waals surface area contributed by atoms with Gasteiger partial charge in [0.05, 0.1) is 0 Å². The van der Waals surface area contributed by atoms with Crippen LogP contribution in [0.1, 0.15) is 39.0 Å². The summed E-state index contributed by atoms with van der Waals surface area (Å²) in [6.07, 6.45) is 6.69. The fourth-order valence-corrected chi connectivity index (χ4v) is 1.71. The number of unbranched alkanes of at least 4 members (excludes halogenated alkanes) is 1. The van der Waals surface area contributed by atoms with E-state index in [4.69, 9.17) is 0 Å². The minimum Gasteiger partial charge on any atom is -0.317 e. The Morgan fingerprint density at radius 1 is 1.42 bits per heavy atom. The molecule has 2 heteroatoms. The largest absolute Gasteiger partial charge is 0.317 e. The molecular formula is C10H22N2. The summed E-state index contributed by atoms with van der Waals surface area (Å²) in [6.45, 7) is 5.86. The molecule has 0 amide bonds. The van der Waals surface area contributed by atoms with Crippen molar-refractivity contribution in [3.05, 3.63) is 0 Å². The van der Waals surface area contributed by atoms with E-state index in [-0.39, 0.29) is 0 Å². The number of hydrogen-bond donors (Lipinski definition) is 2. The third-order valence-corrected chi connectivity index (χ3v) is 2.54. The van der Waals surface area contributed by atoms with E-state index in [1.165, 1.54) is 51.7 Å². The van der Waals surface area contributed by atoms with Crippen LogP contribution < -0.4 is 10.6 Å². The van der Waals surface area contributed by atoms with Gasteiger partial charge in [-0.25, -0.2) is 0 Å². The molecule has 1 atom stereocenters. The van der Waals surface area contributed by atoms with Gasteiger partial charge in [-0.15, -0.1) is 0 Å². The van der Waals surface area contributed by atoms with Crippen LogP contribution in [-0.4, -0.2) is 25.7 Å². The standard InChI is InChI=1S/C10H22N2/c1-2-3-7-11-9-6-10-5-4-8-12-10/h10-12H,2-9H2,1H3. The zero-order valence-corrected chi connectivity index (χ0v) is 8.23. The van der Waals surface area contributed by atoms with Crippen LogP contribution in [0.15, 0.2) is 0 Å². The first-order valence-electron chi connectivity index (χ1n) is 5.37. The van der Waals surface area contributed by atoms with Crippen molar-refractivity contribution in [2.24, 2.45) is 0 Å². The maximum Gasteiger partial charge on any atom is 0.00796 e. The maximum absolute atomic E-state index is 3.51. The average molecular weight is 170 g/mol. The van der Waals surface area contributed by atoms with Crippen LogP contribution >= 0.6 is 0 Å². The van der Waals surface area contributed by atoms with Crippen LogP contribution in [0, 0.1) is 0 Å². The highest BCUT2D eigenvalue weighted by Gasteiger charge is 2.12. The summed E-state index contributed by atoms with van der Waals surface area (Å²) in [7, 11) is 0. The van der Waals surface area contributed by atoms with Gasteiger partial charge >= 0.3 is 0 Å². The Balaban J connectivity index is 1.81. The molecule has 0 spiro atoms. The molecule has 2 nitrogen and oxygen atoms in total. The van der Waals surface area contributed by atoms with Crippen molar-refractivity contribution in [1.82, 2.24) is 10.6 Å². The van der Waals surface area contributed by atoms with Gasteiger partial charge in [-0.05, 0) is 45.3 Å². The second kappa shape index (κ2) is 6.44. The number of hydrogen-bond acceptors (Lipinski definition) is 2. The molecule has 1 rings (SSSR count). The quantitative estimate of drug-likeness (QED) is 0.591. The normalized spacial score (nSPS) is 23.2. The summed E-state index contributed by atoms with van der Waals surface area (Å²) in [5.41, 5.74) is 0. The van der Waals surface area contributed by atoms with Crippen molar-refractivity contribution in [2.45, 2.75) is 45.1 Å². The molecular weight excluding hydrogens is 148 g/mol. The maximum atomic E-state index is 3.51. The fraction of sp³-hybridized carbons (Fsp3) is 1.00. The summed E-state index contributed by atoms with van der Waals surface area (Å²) in [5, 5.41) is 6.98. The molecule has 1 aliphatic heterocycles. The fourth-order valence-electron chi connectivity index (χ4n) is 1.71. The van der Waals surface area contributed by atoms with Crippen molar-refractivity contribution in [1.29, 1.82) is 0 Å². The van der Waals surface area contributed by atoms with E-state index in [2.05, 4.69) is 17.6 Å². The highest BCUT2D eigenvalue weighted by molar-refractivity contribution is 4.74. The summed E-state index contributed by atoms with van der Waals surface area (Å²) in [5.74, 6) is 0. The van der Waals surface area contributed by atoms with Crippen LogP contribution in [0.25, 0.3) is 0 Å². The lowest BCUT2D eigenvalue weighted by Crippen LogP contribution is -2.27. The van der Waals surface area contributed by atoms with Gasteiger partial charge in [0, 0.05) is 6.04 Å². The van der Waals surface area contributed by atoms with Crippen LogP contribution in [0.3, 0.4) is 0 Å². The van der Waals surface area contributed by atoms with Gasteiger partial charge in [0.2, 0.25) is 0 Å². The van der Waals surface area contributed by atoms with Crippen molar-refractivity contribution < 1.29 is 0 Å². The Morgan fingerprint density at radius 3 is 3.00 bits per heavy atom. The first-order valence-corrected chi connectivity index (χ1v) is 5.37. The van der Waals surface area contributed by atoms with E-state index in [1.807, 2.05) is 0 Å². The molecule has 1 heterocycles. The lowest BCUT2D eigenvalue weighted by Gasteiger charge is -2.09. The molecule has 1 aliphatic rings. The van der Waals surface area contributed by atoms with Crippen molar-refractivity contribution in [3.63, 3.8) is 0 Å². The third-order valence-electron chi connectivity index (χ3n) is 2.54. The monoisotopic (exact) mass is 170 g/mol. The lowest BCUT2D eigenvalue weighted by atomic mass is 10.1. The van der Waals surface area contributed by atoms with Crippen LogP contribution in [0.2, 0.25) is 0 Å². The van der Waals surface area contributed by atoms with E-state index in [0.717, 1.165) is 6.04 Å².